The maximum Gasteiger partial charge on any atom is 0.494 e. The minimum Gasteiger partial charge on any atom is -0.399 e. The van der Waals surface area contributed by atoms with E-state index >= 15 is 0 Å². The van der Waals surface area contributed by atoms with E-state index in [9.17, 15) is 13.2 Å². The van der Waals surface area contributed by atoms with Gasteiger partial charge in [0.05, 0.1) is 22.5 Å². The van der Waals surface area contributed by atoms with E-state index in [-0.39, 0.29) is 5.69 Å². The van der Waals surface area contributed by atoms with Gasteiger partial charge in [-0.2, -0.15) is 13.2 Å². The Morgan fingerprint density at radius 2 is 1.60 bits per heavy atom. The summed E-state index contributed by atoms with van der Waals surface area (Å²) in [6.07, 6.45) is -3.24. The predicted octanol–water partition coefficient (Wildman–Crippen LogP) is 4.07. The minimum atomic E-state index is -4.40. The number of pyridine rings is 1. The predicted molar refractivity (Wildman–Crippen MR) is 90.4 cm³/mol. The van der Waals surface area contributed by atoms with Crippen LogP contribution in [0, 0.1) is 0 Å². The van der Waals surface area contributed by atoms with E-state index in [4.69, 9.17) is 9.31 Å². The average Bonchev–Trinajstić information content (AvgIpc) is 2.75. The summed E-state index contributed by atoms with van der Waals surface area (Å²) in [4.78, 5) is 4.07. The van der Waals surface area contributed by atoms with Crippen LogP contribution in [0.1, 0.15) is 33.3 Å². The van der Waals surface area contributed by atoms with Crippen LogP contribution in [0.5, 0.6) is 0 Å². The van der Waals surface area contributed by atoms with Crippen LogP contribution in [0.15, 0.2) is 42.6 Å². The lowest BCUT2D eigenvalue weighted by molar-refractivity contribution is -0.137. The monoisotopic (exact) mass is 349 g/mol. The van der Waals surface area contributed by atoms with Crippen molar-refractivity contribution in [3.05, 3.63) is 48.2 Å². The Labute approximate surface area is 145 Å². The fourth-order valence-electron chi connectivity index (χ4n) is 2.59. The molecule has 0 aliphatic carbocycles. The molecule has 0 N–H and O–H groups in total. The molecule has 0 saturated carbocycles. The summed E-state index contributed by atoms with van der Waals surface area (Å²) >= 11 is 0. The van der Waals surface area contributed by atoms with Crippen LogP contribution in [0.25, 0.3) is 11.3 Å². The molecule has 0 spiro atoms. The first kappa shape index (κ1) is 18.0. The van der Waals surface area contributed by atoms with E-state index in [1.54, 1.807) is 18.2 Å². The Bertz CT molecular complexity index is 774. The van der Waals surface area contributed by atoms with Gasteiger partial charge >= 0.3 is 13.3 Å². The summed E-state index contributed by atoms with van der Waals surface area (Å²) in [5, 5.41) is 0. The molecule has 132 valence electrons. The highest BCUT2D eigenvalue weighted by molar-refractivity contribution is 6.62. The van der Waals surface area contributed by atoms with Crippen LogP contribution in [0.4, 0.5) is 13.2 Å². The van der Waals surface area contributed by atoms with Crippen LogP contribution in [0.3, 0.4) is 0 Å². The number of rotatable bonds is 2. The van der Waals surface area contributed by atoms with Crippen molar-refractivity contribution in [2.45, 2.75) is 45.1 Å². The molecule has 1 saturated heterocycles. The van der Waals surface area contributed by atoms with Gasteiger partial charge in [-0.3, -0.25) is 4.98 Å². The topological polar surface area (TPSA) is 31.4 Å². The van der Waals surface area contributed by atoms with Gasteiger partial charge in [-0.15, -0.1) is 0 Å². The highest BCUT2D eigenvalue weighted by Crippen LogP contribution is 2.37. The molecule has 1 aromatic heterocycles. The third-order valence-electron chi connectivity index (χ3n) is 4.80. The van der Waals surface area contributed by atoms with Crippen LogP contribution in [0.2, 0.25) is 0 Å². The number of aromatic nitrogens is 1. The van der Waals surface area contributed by atoms with E-state index in [1.165, 1.54) is 6.20 Å². The summed E-state index contributed by atoms with van der Waals surface area (Å²) in [6.45, 7) is 7.80. The number of hydrogen-bond acceptors (Lipinski definition) is 3. The van der Waals surface area contributed by atoms with Crippen molar-refractivity contribution in [1.82, 2.24) is 4.98 Å². The molecule has 7 heteroatoms. The van der Waals surface area contributed by atoms with Crippen LogP contribution in [-0.2, 0) is 15.5 Å². The summed E-state index contributed by atoms with van der Waals surface area (Å²) in [5.41, 5.74) is -0.107. The molecule has 2 aromatic rings. The second-order valence-corrected chi connectivity index (χ2v) is 7.14. The molecule has 25 heavy (non-hydrogen) atoms. The van der Waals surface area contributed by atoms with Crippen molar-refractivity contribution in [3.63, 3.8) is 0 Å². The van der Waals surface area contributed by atoms with E-state index in [2.05, 4.69) is 4.98 Å². The van der Waals surface area contributed by atoms with Crippen molar-refractivity contribution in [3.8, 4) is 11.3 Å². The van der Waals surface area contributed by atoms with Crippen LogP contribution in [-0.4, -0.2) is 23.3 Å². The Balaban J connectivity index is 1.94. The number of benzene rings is 1. The molecule has 1 fully saturated rings. The molecular weight excluding hydrogens is 330 g/mol. The van der Waals surface area contributed by atoms with Crippen LogP contribution < -0.4 is 5.46 Å². The first-order valence-corrected chi connectivity index (χ1v) is 7.99. The molecule has 0 radical (unpaired) electrons. The maximum atomic E-state index is 12.9. The molecule has 0 atom stereocenters. The SMILES string of the molecule is CC1(C)OB(c2cccc(-c3cc(C(F)(F)F)ccn3)c2)OC1(C)C. The Hall–Kier alpha value is -1.86. The van der Waals surface area contributed by atoms with Crippen molar-refractivity contribution in [2.24, 2.45) is 0 Å². The second kappa shape index (κ2) is 5.85. The minimum absolute atomic E-state index is 0.258. The Morgan fingerprint density at radius 3 is 2.20 bits per heavy atom. The zero-order chi connectivity index (χ0) is 18.5. The lowest BCUT2D eigenvalue weighted by atomic mass is 9.78. The highest BCUT2D eigenvalue weighted by atomic mass is 19.4. The van der Waals surface area contributed by atoms with Crippen molar-refractivity contribution in [2.75, 3.05) is 0 Å². The zero-order valence-corrected chi connectivity index (χ0v) is 14.5. The number of nitrogens with zero attached hydrogens (tertiary/aromatic N) is 1. The molecule has 1 aromatic carbocycles. The van der Waals surface area contributed by atoms with Gasteiger partial charge in [-0.25, -0.2) is 0 Å². The van der Waals surface area contributed by atoms with Gasteiger partial charge in [-0.05, 0) is 50.9 Å². The maximum absolute atomic E-state index is 12.9. The lowest BCUT2D eigenvalue weighted by Gasteiger charge is -2.32. The van der Waals surface area contributed by atoms with E-state index in [1.807, 2.05) is 33.8 Å². The molecular formula is C18H19BF3NO2. The first-order chi connectivity index (χ1) is 11.5. The van der Waals surface area contributed by atoms with Crippen molar-refractivity contribution >= 4 is 12.6 Å². The fourth-order valence-corrected chi connectivity index (χ4v) is 2.59. The highest BCUT2D eigenvalue weighted by Gasteiger charge is 2.51. The molecule has 3 rings (SSSR count). The van der Waals surface area contributed by atoms with Crippen LogP contribution >= 0.6 is 0 Å². The quantitative estimate of drug-likeness (QED) is 0.766. The van der Waals surface area contributed by atoms with E-state index in [0.29, 0.717) is 5.56 Å². The van der Waals surface area contributed by atoms with Gasteiger partial charge in [0.25, 0.3) is 0 Å². The number of alkyl halides is 3. The fraction of sp³-hybridized carbons (Fsp3) is 0.389. The lowest BCUT2D eigenvalue weighted by Crippen LogP contribution is -2.41. The standard InChI is InChI=1S/C18H19BF3NO2/c1-16(2)17(3,4)25-19(24-16)14-7-5-6-12(10-14)15-11-13(8-9-23-15)18(20,21)22/h5-11H,1-4H3. The number of hydrogen-bond donors (Lipinski definition) is 0. The first-order valence-electron chi connectivity index (χ1n) is 7.99. The van der Waals surface area contributed by atoms with E-state index in [0.717, 1.165) is 17.6 Å². The van der Waals surface area contributed by atoms with Crippen molar-refractivity contribution < 1.29 is 22.5 Å². The van der Waals surface area contributed by atoms with Gasteiger partial charge in [0.1, 0.15) is 0 Å². The molecule has 1 aliphatic heterocycles. The van der Waals surface area contributed by atoms with Gasteiger partial charge in [0.15, 0.2) is 0 Å². The summed E-state index contributed by atoms with van der Waals surface area (Å²) in [5.74, 6) is 0. The number of halogens is 3. The van der Waals surface area contributed by atoms with Gasteiger partial charge in [0.2, 0.25) is 0 Å². The Kier molecular flexibility index (Phi) is 4.20. The van der Waals surface area contributed by atoms with Gasteiger partial charge in [0, 0.05) is 6.20 Å². The molecule has 0 amide bonds. The average molecular weight is 349 g/mol. The molecule has 0 bridgehead atoms. The van der Waals surface area contributed by atoms with Gasteiger partial charge < -0.3 is 9.31 Å². The summed E-state index contributed by atoms with van der Waals surface area (Å²) in [6, 6.07) is 9.07. The molecule has 3 nitrogen and oxygen atoms in total. The molecule has 0 unspecified atom stereocenters. The second-order valence-electron chi connectivity index (χ2n) is 7.14. The molecule has 2 heterocycles. The third-order valence-corrected chi connectivity index (χ3v) is 4.80. The largest absolute Gasteiger partial charge is 0.494 e. The third kappa shape index (κ3) is 3.44. The van der Waals surface area contributed by atoms with Crippen molar-refractivity contribution in [1.29, 1.82) is 0 Å². The zero-order valence-electron chi connectivity index (χ0n) is 14.5. The summed E-state index contributed by atoms with van der Waals surface area (Å²) in [7, 11) is -0.573. The summed E-state index contributed by atoms with van der Waals surface area (Å²) < 4.78 is 50.7. The Morgan fingerprint density at radius 1 is 0.960 bits per heavy atom. The van der Waals surface area contributed by atoms with E-state index < -0.39 is 30.1 Å². The smallest absolute Gasteiger partial charge is 0.399 e. The molecule has 1 aliphatic rings. The van der Waals surface area contributed by atoms with Gasteiger partial charge in [-0.1, -0.05) is 24.3 Å². The normalized spacial score (nSPS) is 19.2.